The molecular formula is C10H8N4O4. The third kappa shape index (κ3) is 2.03. The van der Waals surface area contributed by atoms with E-state index in [4.69, 9.17) is 5.11 Å². The van der Waals surface area contributed by atoms with E-state index in [1.54, 1.807) is 13.0 Å². The van der Waals surface area contributed by atoms with Crippen LogP contribution in [0.2, 0.25) is 0 Å². The number of aromatic carboxylic acids is 1. The molecular weight excluding hydrogens is 240 g/mol. The Kier molecular flexibility index (Phi) is 2.76. The molecule has 8 heteroatoms. The number of aryl methyl sites for hydroxylation is 1. The lowest BCUT2D eigenvalue weighted by atomic mass is 10.3. The molecule has 2 rings (SSSR count). The summed E-state index contributed by atoms with van der Waals surface area (Å²) >= 11 is 0. The quantitative estimate of drug-likeness (QED) is 0.644. The summed E-state index contributed by atoms with van der Waals surface area (Å²) in [5.74, 6) is -1.26. The average Bonchev–Trinajstić information content (AvgIpc) is 2.72. The van der Waals surface area contributed by atoms with Gasteiger partial charge in [0.05, 0.1) is 10.6 Å². The van der Waals surface area contributed by atoms with Gasteiger partial charge < -0.3 is 5.11 Å². The van der Waals surface area contributed by atoms with Crippen LogP contribution in [0.1, 0.15) is 16.4 Å². The molecule has 1 aromatic carbocycles. The van der Waals surface area contributed by atoms with E-state index >= 15 is 0 Å². The van der Waals surface area contributed by atoms with E-state index in [0.717, 1.165) is 0 Å². The van der Waals surface area contributed by atoms with Crippen molar-refractivity contribution in [2.45, 2.75) is 6.92 Å². The number of carboxylic acid groups (broad SMARTS) is 1. The lowest BCUT2D eigenvalue weighted by Gasteiger charge is -2.01. The number of aromatic nitrogens is 3. The first kappa shape index (κ1) is 11.7. The number of hydrogen-bond donors (Lipinski definition) is 1. The van der Waals surface area contributed by atoms with Crippen LogP contribution in [0.25, 0.3) is 5.69 Å². The Hall–Kier alpha value is -2.77. The van der Waals surface area contributed by atoms with E-state index in [9.17, 15) is 14.9 Å². The lowest BCUT2D eigenvalue weighted by molar-refractivity contribution is -0.384. The molecule has 2 aromatic rings. The molecule has 0 amide bonds. The molecule has 8 nitrogen and oxygen atoms in total. The highest BCUT2D eigenvalue weighted by Gasteiger charge is 2.15. The molecule has 1 N–H and O–H groups in total. The Bertz CT molecular complexity index is 635. The van der Waals surface area contributed by atoms with Gasteiger partial charge in [-0.25, -0.2) is 14.5 Å². The van der Waals surface area contributed by atoms with Crippen molar-refractivity contribution >= 4 is 11.7 Å². The van der Waals surface area contributed by atoms with E-state index in [-0.39, 0.29) is 11.5 Å². The smallest absolute Gasteiger partial charge is 0.375 e. The zero-order valence-corrected chi connectivity index (χ0v) is 9.27. The van der Waals surface area contributed by atoms with Gasteiger partial charge in [-0.1, -0.05) is 6.07 Å². The highest BCUT2D eigenvalue weighted by molar-refractivity contribution is 5.83. The van der Waals surface area contributed by atoms with Crippen LogP contribution in [0.4, 0.5) is 5.69 Å². The molecule has 0 aliphatic rings. The van der Waals surface area contributed by atoms with E-state index in [0.29, 0.717) is 11.5 Å². The molecule has 0 unspecified atom stereocenters. The first-order chi connectivity index (χ1) is 8.49. The molecule has 0 saturated heterocycles. The van der Waals surface area contributed by atoms with Crippen molar-refractivity contribution in [3.63, 3.8) is 0 Å². The molecule has 0 spiro atoms. The number of nitrogens with zero attached hydrogens (tertiary/aromatic N) is 4. The van der Waals surface area contributed by atoms with Crippen molar-refractivity contribution in [1.82, 2.24) is 14.8 Å². The van der Waals surface area contributed by atoms with E-state index < -0.39 is 10.9 Å². The van der Waals surface area contributed by atoms with Crippen LogP contribution < -0.4 is 0 Å². The van der Waals surface area contributed by atoms with Crippen molar-refractivity contribution in [2.75, 3.05) is 0 Å². The van der Waals surface area contributed by atoms with Gasteiger partial charge in [0.15, 0.2) is 0 Å². The van der Waals surface area contributed by atoms with Gasteiger partial charge in [-0.2, -0.15) is 0 Å². The second-order valence-electron chi connectivity index (χ2n) is 3.48. The van der Waals surface area contributed by atoms with Gasteiger partial charge in [0, 0.05) is 12.1 Å². The number of rotatable bonds is 3. The van der Waals surface area contributed by atoms with Crippen LogP contribution in [-0.4, -0.2) is 30.8 Å². The van der Waals surface area contributed by atoms with Crippen molar-refractivity contribution in [3.05, 3.63) is 46.0 Å². The molecule has 1 heterocycles. The minimum Gasteiger partial charge on any atom is -0.475 e. The maximum Gasteiger partial charge on any atom is 0.375 e. The monoisotopic (exact) mass is 248 g/mol. The lowest BCUT2D eigenvalue weighted by Crippen LogP contribution is -2.02. The molecule has 0 bridgehead atoms. The largest absolute Gasteiger partial charge is 0.475 e. The zero-order chi connectivity index (χ0) is 13.3. The van der Waals surface area contributed by atoms with Crippen LogP contribution in [0.3, 0.4) is 0 Å². The predicted molar refractivity (Wildman–Crippen MR) is 59.7 cm³/mol. The maximum atomic E-state index is 10.7. The summed E-state index contributed by atoms with van der Waals surface area (Å²) in [6.45, 7) is 1.57. The summed E-state index contributed by atoms with van der Waals surface area (Å²) in [7, 11) is 0. The molecule has 18 heavy (non-hydrogen) atoms. The summed E-state index contributed by atoms with van der Waals surface area (Å²) in [6, 6.07) is 5.72. The Morgan fingerprint density at radius 2 is 2.22 bits per heavy atom. The maximum absolute atomic E-state index is 10.7. The number of nitro groups is 1. The van der Waals surface area contributed by atoms with E-state index in [1.807, 2.05) is 0 Å². The SMILES string of the molecule is Cc1nc(C(=O)O)nn1-c1cccc([N+](=O)[O-])c1. The second kappa shape index (κ2) is 4.24. The standard InChI is InChI=1S/C10H8N4O4/c1-6-11-9(10(15)16)12-13(6)7-3-2-4-8(5-7)14(17)18/h2-5H,1H3,(H,15,16). The fourth-order valence-electron chi connectivity index (χ4n) is 1.46. The van der Waals surface area contributed by atoms with Crippen molar-refractivity contribution in [2.24, 2.45) is 0 Å². The fraction of sp³-hybridized carbons (Fsp3) is 0.100. The molecule has 0 fully saturated rings. The van der Waals surface area contributed by atoms with Gasteiger partial charge in [0.1, 0.15) is 5.82 Å². The fourth-order valence-corrected chi connectivity index (χ4v) is 1.46. The second-order valence-corrected chi connectivity index (χ2v) is 3.48. The Labute approximate surface area is 101 Å². The van der Waals surface area contributed by atoms with Crippen molar-refractivity contribution in [1.29, 1.82) is 0 Å². The highest BCUT2D eigenvalue weighted by atomic mass is 16.6. The molecule has 0 saturated carbocycles. The molecule has 1 aromatic heterocycles. The summed E-state index contributed by atoms with van der Waals surface area (Å²) < 4.78 is 1.25. The van der Waals surface area contributed by atoms with E-state index in [2.05, 4.69) is 10.1 Å². The van der Waals surface area contributed by atoms with Crippen LogP contribution in [0.15, 0.2) is 24.3 Å². The van der Waals surface area contributed by atoms with Gasteiger partial charge >= 0.3 is 5.97 Å². The molecule has 92 valence electrons. The summed E-state index contributed by atoms with van der Waals surface area (Å²) in [5, 5.41) is 23.2. The number of carbonyl (C=O) groups is 1. The van der Waals surface area contributed by atoms with Crippen molar-refractivity contribution < 1.29 is 14.8 Å². The Balaban J connectivity index is 2.51. The third-order valence-electron chi connectivity index (χ3n) is 2.25. The zero-order valence-electron chi connectivity index (χ0n) is 9.27. The number of carboxylic acids is 1. The summed E-state index contributed by atoms with van der Waals surface area (Å²) in [6.07, 6.45) is 0. The highest BCUT2D eigenvalue weighted by Crippen LogP contribution is 2.17. The number of nitro benzene ring substituents is 1. The molecule has 0 radical (unpaired) electrons. The molecule has 0 atom stereocenters. The van der Waals surface area contributed by atoms with Gasteiger partial charge in [-0.05, 0) is 13.0 Å². The summed E-state index contributed by atoms with van der Waals surface area (Å²) in [4.78, 5) is 24.6. The first-order valence-corrected chi connectivity index (χ1v) is 4.91. The predicted octanol–water partition coefficient (Wildman–Crippen LogP) is 1.18. The number of non-ortho nitro benzene ring substituents is 1. The molecule has 0 aliphatic heterocycles. The average molecular weight is 248 g/mol. The first-order valence-electron chi connectivity index (χ1n) is 4.91. The number of hydrogen-bond acceptors (Lipinski definition) is 5. The minimum atomic E-state index is -1.25. The third-order valence-corrected chi connectivity index (χ3v) is 2.25. The van der Waals surface area contributed by atoms with Crippen LogP contribution >= 0.6 is 0 Å². The van der Waals surface area contributed by atoms with Gasteiger partial charge in [-0.15, -0.1) is 5.10 Å². The normalized spacial score (nSPS) is 10.3. The Morgan fingerprint density at radius 1 is 1.50 bits per heavy atom. The van der Waals surface area contributed by atoms with Gasteiger partial charge in [-0.3, -0.25) is 10.1 Å². The van der Waals surface area contributed by atoms with E-state index in [1.165, 1.54) is 22.9 Å². The topological polar surface area (TPSA) is 111 Å². The number of benzene rings is 1. The van der Waals surface area contributed by atoms with Gasteiger partial charge in [0.2, 0.25) is 0 Å². The van der Waals surface area contributed by atoms with Crippen LogP contribution in [0, 0.1) is 17.0 Å². The van der Waals surface area contributed by atoms with Gasteiger partial charge in [0.25, 0.3) is 11.5 Å². The molecule has 0 aliphatic carbocycles. The van der Waals surface area contributed by atoms with Crippen LogP contribution in [0.5, 0.6) is 0 Å². The van der Waals surface area contributed by atoms with Crippen LogP contribution in [-0.2, 0) is 0 Å². The Morgan fingerprint density at radius 3 is 2.78 bits per heavy atom. The van der Waals surface area contributed by atoms with Crippen molar-refractivity contribution in [3.8, 4) is 5.69 Å². The summed E-state index contributed by atoms with van der Waals surface area (Å²) in [5.41, 5.74) is 0.293. The minimum absolute atomic E-state index is 0.0979.